The van der Waals surface area contributed by atoms with Crippen molar-refractivity contribution >= 4 is 11.8 Å². The smallest absolute Gasteiger partial charge is 0.261 e. The second kappa shape index (κ2) is 11.0. The lowest BCUT2D eigenvalue weighted by atomic mass is 10.1. The number of amides is 2. The maximum atomic E-state index is 13.2. The van der Waals surface area contributed by atoms with E-state index in [9.17, 15) is 14.0 Å². The number of hydrogen-bond acceptors (Lipinski definition) is 4. The van der Waals surface area contributed by atoms with Crippen LogP contribution in [-0.4, -0.2) is 47.6 Å². The van der Waals surface area contributed by atoms with Gasteiger partial charge in [-0.3, -0.25) is 9.59 Å². The molecule has 2 aromatic rings. The molecule has 0 fully saturated rings. The lowest BCUT2D eigenvalue weighted by molar-refractivity contribution is -0.142. The van der Waals surface area contributed by atoms with Crippen molar-refractivity contribution in [2.24, 2.45) is 0 Å². The van der Waals surface area contributed by atoms with Gasteiger partial charge >= 0.3 is 0 Å². The number of aliphatic hydroxyl groups is 1. The lowest BCUT2D eigenvalue weighted by Gasteiger charge is -2.28. The molecule has 2 amide bonds. The van der Waals surface area contributed by atoms with Crippen molar-refractivity contribution in [3.8, 4) is 5.75 Å². The van der Waals surface area contributed by atoms with Gasteiger partial charge in [-0.05, 0) is 43.2 Å². The van der Waals surface area contributed by atoms with Crippen LogP contribution in [0.2, 0.25) is 0 Å². The molecule has 0 bridgehead atoms. The molecule has 28 heavy (non-hydrogen) atoms. The zero-order valence-corrected chi connectivity index (χ0v) is 15.8. The average Bonchev–Trinajstić information content (AvgIpc) is 2.72. The number of aliphatic hydroxyl groups excluding tert-OH is 1. The summed E-state index contributed by atoms with van der Waals surface area (Å²) in [6.45, 7) is 1.83. The number of halogens is 1. The van der Waals surface area contributed by atoms with E-state index in [1.807, 2.05) is 6.07 Å². The van der Waals surface area contributed by atoms with Crippen molar-refractivity contribution in [1.82, 2.24) is 10.2 Å². The third kappa shape index (κ3) is 6.66. The normalized spacial score (nSPS) is 11.5. The minimum atomic E-state index is -0.754. The van der Waals surface area contributed by atoms with Gasteiger partial charge < -0.3 is 20.1 Å². The van der Waals surface area contributed by atoms with Crippen LogP contribution in [0.15, 0.2) is 54.6 Å². The highest BCUT2D eigenvalue weighted by Crippen LogP contribution is 2.13. The van der Waals surface area contributed by atoms with Crippen molar-refractivity contribution in [2.75, 3.05) is 19.8 Å². The minimum Gasteiger partial charge on any atom is -0.484 e. The number of carbonyl (C=O) groups excluding carboxylic acids is 2. The fourth-order valence-corrected chi connectivity index (χ4v) is 2.55. The Bertz CT molecular complexity index is 753. The Balaban J connectivity index is 2.08. The Hall–Kier alpha value is -2.93. The second-order valence-electron chi connectivity index (χ2n) is 6.29. The van der Waals surface area contributed by atoms with Crippen molar-refractivity contribution < 1.29 is 23.8 Å². The number of carbonyl (C=O) groups is 2. The van der Waals surface area contributed by atoms with E-state index in [1.165, 1.54) is 17.0 Å². The quantitative estimate of drug-likeness (QED) is 0.611. The van der Waals surface area contributed by atoms with E-state index in [0.717, 1.165) is 0 Å². The molecular formula is C21H25FN2O4. The molecule has 0 spiro atoms. The van der Waals surface area contributed by atoms with Gasteiger partial charge in [0.05, 0.1) is 0 Å². The zero-order chi connectivity index (χ0) is 20.4. The Morgan fingerprint density at radius 3 is 2.46 bits per heavy atom. The van der Waals surface area contributed by atoms with Crippen LogP contribution in [0.5, 0.6) is 5.75 Å². The van der Waals surface area contributed by atoms with Gasteiger partial charge in [-0.1, -0.05) is 30.3 Å². The predicted octanol–water partition coefficient (Wildman–Crippen LogP) is 2.12. The maximum Gasteiger partial charge on any atom is 0.261 e. The number of nitrogens with zero attached hydrogens (tertiary/aromatic N) is 1. The Labute approximate surface area is 163 Å². The largest absolute Gasteiger partial charge is 0.484 e. The molecule has 0 saturated carbocycles. The number of nitrogens with one attached hydrogen (secondary N) is 1. The Morgan fingerprint density at radius 2 is 1.82 bits per heavy atom. The molecule has 6 nitrogen and oxygen atoms in total. The van der Waals surface area contributed by atoms with Crippen LogP contribution in [0.4, 0.5) is 4.39 Å². The van der Waals surface area contributed by atoms with E-state index < -0.39 is 6.04 Å². The summed E-state index contributed by atoms with van der Waals surface area (Å²) in [4.78, 5) is 26.6. The molecule has 0 heterocycles. The van der Waals surface area contributed by atoms with Crippen LogP contribution in [-0.2, 0) is 16.1 Å². The topological polar surface area (TPSA) is 78.9 Å². The highest BCUT2D eigenvalue weighted by Gasteiger charge is 2.26. The highest BCUT2D eigenvalue weighted by molar-refractivity contribution is 5.87. The van der Waals surface area contributed by atoms with E-state index in [-0.39, 0.29) is 37.4 Å². The summed E-state index contributed by atoms with van der Waals surface area (Å²) in [5.41, 5.74) is 0.699. The fourth-order valence-electron chi connectivity index (χ4n) is 2.55. The third-order valence-electron chi connectivity index (χ3n) is 4.17. The van der Waals surface area contributed by atoms with Gasteiger partial charge in [-0.25, -0.2) is 4.39 Å². The van der Waals surface area contributed by atoms with Gasteiger partial charge in [-0.15, -0.1) is 0 Å². The number of rotatable bonds is 10. The Kier molecular flexibility index (Phi) is 8.42. The van der Waals surface area contributed by atoms with Crippen LogP contribution in [0.3, 0.4) is 0 Å². The van der Waals surface area contributed by atoms with Crippen LogP contribution in [0.25, 0.3) is 0 Å². The number of benzene rings is 2. The van der Waals surface area contributed by atoms with Gasteiger partial charge in [0.25, 0.3) is 5.91 Å². The van der Waals surface area contributed by atoms with E-state index in [4.69, 9.17) is 9.84 Å². The fraction of sp³-hybridized carbons (Fsp3) is 0.333. The van der Waals surface area contributed by atoms with Crippen molar-refractivity contribution in [2.45, 2.75) is 25.9 Å². The molecule has 1 atom stereocenters. The molecule has 0 unspecified atom stereocenters. The van der Waals surface area contributed by atoms with Crippen molar-refractivity contribution in [3.05, 3.63) is 66.0 Å². The summed E-state index contributed by atoms with van der Waals surface area (Å²) in [5.74, 6) is -0.511. The molecule has 0 aliphatic carbocycles. The van der Waals surface area contributed by atoms with E-state index in [2.05, 4.69) is 5.32 Å². The first-order chi connectivity index (χ1) is 13.5. The van der Waals surface area contributed by atoms with Gasteiger partial charge in [0.15, 0.2) is 6.61 Å². The first kappa shape index (κ1) is 21.4. The van der Waals surface area contributed by atoms with Crippen LogP contribution in [0, 0.1) is 5.82 Å². The van der Waals surface area contributed by atoms with E-state index in [0.29, 0.717) is 24.3 Å². The van der Waals surface area contributed by atoms with Gasteiger partial charge in [0.2, 0.25) is 5.91 Å². The maximum absolute atomic E-state index is 13.2. The standard InChI is InChI=1S/C21H25FN2O4/c1-16(21(27)23-12-5-13-25)24(14-17-8-10-18(22)11-9-17)20(26)15-28-19-6-3-2-4-7-19/h2-4,6-11,16,25H,5,12-15H2,1H3,(H,23,27)/t16-/m0/s1. The van der Waals surface area contributed by atoms with E-state index >= 15 is 0 Å². The van der Waals surface area contributed by atoms with Crippen molar-refractivity contribution in [3.63, 3.8) is 0 Å². The minimum absolute atomic E-state index is 0.0300. The summed E-state index contributed by atoms with van der Waals surface area (Å²) in [6.07, 6.45) is 0.432. The molecular weight excluding hydrogens is 363 g/mol. The summed E-state index contributed by atoms with van der Waals surface area (Å²) in [5, 5.41) is 11.5. The van der Waals surface area contributed by atoms with Crippen molar-refractivity contribution in [1.29, 1.82) is 0 Å². The molecule has 7 heteroatoms. The van der Waals surface area contributed by atoms with Crippen LogP contribution >= 0.6 is 0 Å². The highest BCUT2D eigenvalue weighted by atomic mass is 19.1. The summed E-state index contributed by atoms with van der Waals surface area (Å²) in [6, 6.07) is 13.9. The third-order valence-corrected chi connectivity index (χ3v) is 4.17. The molecule has 0 aromatic heterocycles. The van der Waals surface area contributed by atoms with Gasteiger partial charge in [0.1, 0.15) is 17.6 Å². The average molecular weight is 388 g/mol. The number of hydrogen-bond donors (Lipinski definition) is 2. The summed E-state index contributed by atoms with van der Waals surface area (Å²) >= 11 is 0. The molecule has 2 rings (SSSR count). The molecule has 0 aliphatic heterocycles. The predicted molar refractivity (Wildman–Crippen MR) is 103 cm³/mol. The second-order valence-corrected chi connectivity index (χ2v) is 6.29. The lowest BCUT2D eigenvalue weighted by Crippen LogP contribution is -2.49. The molecule has 2 N–H and O–H groups in total. The Morgan fingerprint density at radius 1 is 1.14 bits per heavy atom. The number of para-hydroxylation sites is 1. The number of ether oxygens (including phenoxy) is 1. The van der Waals surface area contributed by atoms with Gasteiger partial charge in [-0.2, -0.15) is 0 Å². The molecule has 0 saturated heterocycles. The molecule has 0 aliphatic rings. The molecule has 150 valence electrons. The summed E-state index contributed by atoms with van der Waals surface area (Å²) < 4.78 is 18.7. The first-order valence-corrected chi connectivity index (χ1v) is 9.11. The van der Waals surface area contributed by atoms with Gasteiger partial charge in [0, 0.05) is 19.7 Å². The molecule has 0 radical (unpaired) electrons. The molecule has 2 aromatic carbocycles. The van der Waals surface area contributed by atoms with Crippen LogP contribution in [0.1, 0.15) is 18.9 Å². The van der Waals surface area contributed by atoms with Crippen LogP contribution < -0.4 is 10.1 Å². The monoisotopic (exact) mass is 388 g/mol. The van der Waals surface area contributed by atoms with E-state index in [1.54, 1.807) is 43.3 Å². The SMILES string of the molecule is C[C@@H](C(=O)NCCCO)N(Cc1ccc(F)cc1)C(=O)COc1ccccc1. The zero-order valence-electron chi connectivity index (χ0n) is 15.8. The first-order valence-electron chi connectivity index (χ1n) is 9.11. The summed E-state index contributed by atoms with van der Waals surface area (Å²) in [7, 11) is 0.